The molecule has 0 saturated heterocycles. The molecule has 0 aliphatic carbocycles. The molecule has 0 unspecified atom stereocenters. The van der Waals surface area contributed by atoms with Crippen molar-refractivity contribution in [3.63, 3.8) is 0 Å². The minimum atomic E-state index is 0.311. The molecule has 0 bridgehead atoms. The topological polar surface area (TPSA) is 45.2 Å². The molecule has 0 aliphatic rings. The first kappa shape index (κ1) is 12.6. The maximum Gasteiger partial charge on any atom is 0.183 e. The van der Waals surface area contributed by atoms with Crippen molar-refractivity contribution in [2.24, 2.45) is 5.18 Å². The van der Waals surface area contributed by atoms with Crippen LogP contribution in [0.4, 0.5) is 5.82 Å². The van der Waals surface area contributed by atoms with Crippen molar-refractivity contribution in [1.82, 2.24) is 4.98 Å². The van der Waals surface area contributed by atoms with E-state index < -0.39 is 0 Å². The predicted molar refractivity (Wildman–Crippen MR) is 82.1 cm³/mol. The average Bonchev–Trinajstić information content (AvgIpc) is 2.92. The van der Waals surface area contributed by atoms with Crippen LogP contribution in [0.3, 0.4) is 0 Å². The summed E-state index contributed by atoms with van der Waals surface area (Å²) in [5, 5.41) is 3.70. The Balaban J connectivity index is 2.15. The zero-order chi connectivity index (χ0) is 13.9. The summed E-state index contributed by atoms with van der Waals surface area (Å²) < 4.78 is 0. The predicted octanol–water partition coefficient (Wildman–Crippen LogP) is 5.40. The minimum Gasteiger partial charge on any atom is -0.336 e. The largest absolute Gasteiger partial charge is 0.336 e. The van der Waals surface area contributed by atoms with E-state index in [1.165, 1.54) is 0 Å². The first-order valence-electron chi connectivity index (χ1n) is 6.16. The van der Waals surface area contributed by atoms with Gasteiger partial charge in [-0.3, -0.25) is 0 Å². The number of aromatic amines is 1. The Hall–Kier alpha value is -2.39. The fourth-order valence-corrected chi connectivity index (χ4v) is 2.42. The van der Waals surface area contributed by atoms with Gasteiger partial charge >= 0.3 is 0 Å². The van der Waals surface area contributed by atoms with Crippen molar-refractivity contribution in [2.75, 3.05) is 0 Å². The zero-order valence-electron chi connectivity index (χ0n) is 10.5. The highest BCUT2D eigenvalue weighted by Crippen LogP contribution is 2.36. The molecule has 0 radical (unpaired) electrons. The number of rotatable bonds is 3. The first-order chi connectivity index (χ1) is 9.79. The summed E-state index contributed by atoms with van der Waals surface area (Å²) in [6.45, 7) is 0. The number of benzene rings is 2. The maximum atomic E-state index is 11.0. The van der Waals surface area contributed by atoms with Crippen molar-refractivity contribution in [1.29, 1.82) is 0 Å². The molecule has 4 heteroatoms. The van der Waals surface area contributed by atoms with Gasteiger partial charge in [-0.05, 0) is 22.9 Å². The van der Waals surface area contributed by atoms with Gasteiger partial charge in [0.2, 0.25) is 0 Å². The van der Waals surface area contributed by atoms with Gasteiger partial charge in [0.15, 0.2) is 5.82 Å². The standard InChI is InChI=1S/C16H11ClN2O/c17-14-9-5-4-8-12(14)15-10-13(16(18-15)19-20)11-6-2-1-3-7-11/h1-10,18H. The van der Waals surface area contributed by atoms with Crippen LogP contribution in [-0.2, 0) is 0 Å². The number of nitrogens with one attached hydrogen (secondary N) is 1. The van der Waals surface area contributed by atoms with Gasteiger partial charge in [0.1, 0.15) is 0 Å². The summed E-state index contributed by atoms with van der Waals surface area (Å²) in [6.07, 6.45) is 0. The summed E-state index contributed by atoms with van der Waals surface area (Å²) in [7, 11) is 0. The fourth-order valence-electron chi connectivity index (χ4n) is 2.18. The van der Waals surface area contributed by atoms with Gasteiger partial charge in [-0.2, -0.15) is 0 Å². The number of nitrogens with zero attached hydrogens (tertiary/aromatic N) is 1. The third kappa shape index (κ3) is 2.24. The number of hydrogen-bond acceptors (Lipinski definition) is 2. The monoisotopic (exact) mass is 282 g/mol. The van der Waals surface area contributed by atoms with Gasteiger partial charge in [0.05, 0.1) is 0 Å². The second kappa shape index (κ2) is 5.31. The molecule has 0 atom stereocenters. The smallest absolute Gasteiger partial charge is 0.183 e. The third-order valence-electron chi connectivity index (χ3n) is 3.14. The Labute approximate surface area is 121 Å². The molecule has 2 aromatic carbocycles. The van der Waals surface area contributed by atoms with Crippen LogP contribution in [0.15, 0.2) is 65.8 Å². The summed E-state index contributed by atoms with van der Waals surface area (Å²) in [6, 6.07) is 19.0. The van der Waals surface area contributed by atoms with Gasteiger partial charge in [-0.1, -0.05) is 60.1 Å². The van der Waals surface area contributed by atoms with E-state index in [2.05, 4.69) is 10.2 Å². The highest BCUT2D eigenvalue weighted by Gasteiger charge is 2.13. The second-order valence-corrected chi connectivity index (χ2v) is 4.79. The van der Waals surface area contributed by atoms with Crippen molar-refractivity contribution < 1.29 is 0 Å². The quantitative estimate of drug-likeness (QED) is 0.642. The summed E-state index contributed by atoms with van der Waals surface area (Å²) in [5.41, 5.74) is 3.34. The lowest BCUT2D eigenvalue weighted by Gasteiger charge is -1.99. The Morgan fingerprint density at radius 1 is 0.900 bits per heavy atom. The molecule has 0 aliphatic heterocycles. The fraction of sp³-hybridized carbons (Fsp3) is 0. The molecule has 3 rings (SSSR count). The molecular formula is C16H11ClN2O. The van der Waals surface area contributed by atoms with Gasteiger partial charge in [-0.15, -0.1) is 4.91 Å². The van der Waals surface area contributed by atoms with E-state index in [1.807, 2.05) is 60.7 Å². The summed E-state index contributed by atoms with van der Waals surface area (Å²) >= 11 is 6.18. The van der Waals surface area contributed by atoms with Gasteiger partial charge in [-0.25, -0.2) is 0 Å². The Morgan fingerprint density at radius 3 is 2.30 bits per heavy atom. The van der Waals surface area contributed by atoms with Crippen LogP contribution in [0.1, 0.15) is 0 Å². The van der Waals surface area contributed by atoms with Crippen molar-refractivity contribution in [3.05, 3.63) is 70.6 Å². The highest BCUT2D eigenvalue weighted by atomic mass is 35.5. The van der Waals surface area contributed by atoms with Crippen LogP contribution < -0.4 is 0 Å². The van der Waals surface area contributed by atoms with Gasteiger partial charge < -0.3 is 4.98 Å². The molecule has 0 amide bonds. The summed E-state index contributed by atoms with van der Waals surface area (Å²) in [4.78, 5) is 14.0. The lowest BCUT2D eigenvalue weighted by Crippen LogP contribution is -1.77. The van der Waals surface area contributed by atoms with Crippen molar-refractivity contribution in [2.45, 2.75) is 0 Å². The van der Waals surface area contributed by atoms with Crippen molar-refractivity contribution in [3.8, 4) is 22.4 Å². The number of nitroso groups, excluding NO2 is 1. The maximum absolute atomic E-state index is 11.0. The normalized spacial score (nSPS) is 10.4. The number of H-pyrrole nitrogens is 1. The lowest BCUT2D eigenvalue weighted by molar-refractivity contribution is 1.32. The molecule has 20 heavy (non-hydrogen) atoms. The molecule has 3 nitrogen and oxygen atoms in total. The van der Waals surface area contributed by atoms with Crippen LogP contribution in [0.5, 0.6) is 0 Å². The Bertz CT molecular complexity index is 750. The zero-order valence-corrected chi connectivity index (χ0v) is 11.3. The van der Waals surface area contributed by atoms with E-state index in [9.17, 15) is 4.91 Å². The molecule has 1 heterocycles. The molecule has 0 fully saturated rings. The number of halogens is 1. The van der Waals surface area contributed by atoms with Crippen LogP contribution in [-0.4, -0.2) is 4.98 Å². The van der Waals surface area contributed by atoms with Gasteiger partial charge in [0.25, 0.3) is 0 Å². The molecule has 0 saturated carbocycles. The minimum absolute atomic E-state index is 0.311. The van der Waals surface area contributed by atoms with Crippen LogP contribution in [0.25, 0.3) is 22.4 Å². The third-order valence-corrected chi connectivity index (χ3v) is 3.47. The van der Waals surface area contributed by atoms with E-state index in [0.29, 0.717) is 10.8 Å². The molecule has 1 aromatic heterocycles. The molecule has 0 spiro atoms. The second-order valence-electron chi connectivity index (χ2n) is 4.38. The summed E-state index contributed by atoms with van der Waals surface area (Å²) in [5.74, 6) is 0.311. The molecule has 3 aromatic rings. The molecule has 1 N–H and O–H groups in total. The molecule has 98 valence electrons. The first-order valence-corrected chi connectivity index (χ1v) is 6.54. The Kier molecular flexibility index (Phi) is 3.35. The van der Waals surface area contributed by atoms with Crippen molar-refractivity contribution >= 4 is 17.4 Å². The highest BCUT2D eigenvalue weighted by molar-refractivity contribution is 6.33. The van der Waals surface area contributed by atoms with E-state index in [1.54, 1.807) is 0 Å². The molecular weight excluding hydrogens is 272 g/mol. The van der Waals surface area contributed by atoms with Gasteiger partial charge in [0, 0.05) is 21.8 Å². The van der Waals surface area contributed by atoms with Crippen LogP contribution in [0.2, 0.25) is 5.02 Å². The Morgan fingerprint density at radius 2 is 1.60 bits per heavy atom. The van der Waals surface area contributed by atoms with E-state index >= 15 is 0 Å². The van der Waals surface area contributed by atoms with E-state index in [-0.39, 0.29) is 0 Å². The average molecular weight is 283 g/mol. The number of hydrogen-bond donors (Lipinski definition) is 1. The number of aromatic nitrogens is 1. The SMILES string of the molecule is O=Nc1[nH]c(-c2ccccc2Cl)cc1-c1ccccc1. The lowest BCUT2D eigenvalue weighted by atomic mass is 10.1. The van der Waals surface area contributed by atoms with E-state index in [4.69, 9.17) is 11.6 Å². The van der Waals surface area contributed by atoms with E-state index in [0.717, 1.165) is 22.4 Å². The van der Waals surface area contributed by atoms with Crippen LogP contribution >= 0.6 is 11.6 Å². The van der Waals surface area contributed by atoms with Crippen LogP contribution in [0, 0.1) is 4.91 Å².